The second-order valence-corrected chi connectivity index (χ2v) is 9.16. The molecule has 158 valence electrons. The smallest absolute Gasteiger partial charge is 0.0579 e. The van der Waals surface area contributed by atoms with Crippen molar-refractivity contribution in [3.05, 3.63) is 120 Å². The van der Waals surface area contributed by atoms with Gasteiger partial charge in [-0.05, 0) is 0 Å². The van der Waals surface area contributed by atoms with Crippen molar-refractivity contribution < 1.29 is 49.0 Å². The first-order valence-corrected chi connectivity index (χ1v) is 11.1. The van der Waals surface area contributed by atoms with Gasteiger partial charge in [-0.25, -0.2) is 0 Å². The van der Waals surface area contributed by atoms with Crippen LogP contribution in [0, 0.1) is 13.8 Å². The Morgan fingerprint density at radius 3 is 1.35 bits per heavy atom. The van der Waals surface area contributed by atoms with E-state index in [1.165, 1.54) is 65.7 Å². The summed E-state index contributed by atoms with van der Waals surface area (Å²) in [5.41, 5.74) is 4.07. The van der Waals surface area contributed by atoms with E-state index in [-0.39, 0.29) is 24.8 Å². The van der Waals surface area contributed by atoms with Gasteiger partial charge in [0.15, 0.2) is 0 Å². The van der Waals surface area contributed by atoms with Crippen molar-refractivity contribution in [2.75, 3.05) is 0 Å². The predicted octanol–water partition coefficient (Wildman–Crippen LogP) is 1.52. The summed E-state index contributed by atoms with van der Waals surface area (Å²) in [6.45, 7) is 6.41. The fourth-order valence-electron chi connectivity index (χ4n) is 3.30. The van der Waals surface area contributed by atoms with Crippen LogP contribution in [0.3, 0.4) is 0 Å². The molecule has 0 nitrogen and oxygen atoms in total. The van der Waals surface area contributed by atoms with E-state index in [2.05, 4.69) is 118 Å². The summed E-state index contributed by atoms with van der Waals surface area (Å²) < 4.78 is 1.46. The summed E-state index contributed by atoms with van der Waals surface area (Å²) in [4.78, 5) is 0. The fraction of sp³-hybridized carbons (Fsp3) is 0.107. The first-order valence-electron chi connectivity index (χ1n) is 9.87. The topological polar surface area (TPSA) is 0 Å². The molecule has 5 rings (SSSR count). The summed E-state index contributed by atoms with van der Waals surface area (Å²) >= 11 is 1.51. The van der Waals surface area contributed by atoms with Crippen LogP contribution in [0.15, 0.2) is 103 Å². The molecular weight excluding hydrogens is 498 g/mol. The molecule has 0 fully saturated rings. The summed E-state index contributed by atoms with van der Waals surface area (Å²) in [6, 6.07) is 36.1. The average Bonchev–Trinajstić information content (AvgIpc) is 3.30. The Kier molecular flexibility index (Phi) is 11.9. The molecule has 0 aliphatic heterocycles. The van der Waals surface area contributed by atoms with Gasteiger partial charge in [0.25, 0.3) is 0 Å². The third kappa shape index (κ3) is 8.34. The van der Waals surface area contributed by atoms with E-state index < -0.39 is 0 Å². The van der Waals surface area contributed by atoms with Crippen LogP contribution < -0.4 is 24.8 Å². The standard InChI is InChI=1S/2C10H9.C8H8.2ClH.Zr/c2*1-8-6-9-4-2-3-5-10(9)7-8;1-2-8-6-4-3-5-7-8;;;/h2*2-7H,1H3;3-7H,1H3;2*1H;/q2*-1;;;;+2/p-2. The van der Waals surface area contributed by atoms with Gasteiger partial charge in [-0.2, -0.15) is 12.1 Å². The molecule has 5 aromatic carbocycles. The monoisotopic (exact) mass is 522 g/mol. The van der Waals surface area contributed by atoms with Crippen LogP contribution in [0.4, 0.5) is 0 Å². The molecule has 31 heavy (non-hydrogen) atoms. The van der Waals surface area contributed by atoms with Gasteiger partial charge in [0.1, 0.15) is 0 Å². The van der Waals surface area contributed by atoms with E-state index in [0.717, 1.165) is 0 Å². The maximum Gasteiger partial charge on any atom is -0.0579 e. The van der Waals surface area contributed by atoms with Crippen molar-refractivity contribution in [1.82, 2.24) is 0 Å². The first-order chi connectivity index (χ1) is 14.0. The van der Waals surface area contributed by atoms with Crippen LogP contribution in [-0.2, 0) is 24.2 Å². The average molecular weight is 525 g/mol. The molecule has 5 aromatic rings. The third-order valence-corrected chi connectivity index (χ3v) is 5.44. The van der Waals surface area contributed by atoms with Gasteiger partial charge >= 0.3 is 70.3 Å². The van der Waals surface area contributed by atoms with Gasteiger partial charge in [0.2, 0.25) is 0 Å². The van der Waals surface area contributed by atoms with E-state index in [9.17, 15) is 0 Å². The minimum absolute atomic E-state index is 0. The van der Waals surface area contributed by atoms with Gasteiger partial charge in [0.05, 0.1) is 0 Å². The van der Waals surface area contributed by atoms with Crippen molar-refractivity contribution in [2.45, 2.75) is 20.8 Å². The molecule has 0 aliphatic carbocycles. The second-order valence-electron chi connectivity index (χ2n) is 7.31. The molecule has 0 saturated heterocycles. The minimum atomic E-state index is 0. The van der Waals surface area contributed by atoms with Crippen LogP contribution in [0.5, 0.6) is 0 Å². The maximum atomic E-state index is 2.20. The zero-order valence-electron chi connectivity index (χ0n) is 18.1. The third-order valence-electron chi connectivity index (χ3n) is 4.73. The van der Waals surface area contributed by atoms with E-state index in [4.69, 9.17) is 0 Å². The Morgan fingerprint density at radius 2 is 1.00 bits per heavy atom. The Labute approximate surface area is 213 Å². The van der Waals surface area contributed by atoms with E-state index >= 15 is 0 Å². The Morgan fingerprint density at radius 1 is 0.613 bits per heavy atom. The molecular formula is C28H26Cl2Zr-2. The van der Waals surface area contributed by atoms with Gasteiger partial charge < -0.3 is 24.8 Å². The van der Waals surface area contributed by atoms with Gasteiger partial charge in [-0.3, -0.25) is 0 Å². The van der Waals surface area contributed by atoms with Crippen LogP contribution in [0.25, 0.3) is 21.5 Å². The molecule has 0 amide bonds. The predicted molar refractivity (Wildman–Crippen MR) is 125 cm³/mol. The van der Waals surface area contributed by atoms with Crippen molar-refractivity contribution in [2.24, 2.45) is 0 Å². The summed E-state index contributed by atoms with van der Waals surface area (Å²) in [7, 11) is 0. The largest absolute Gasteiger partial charge is 1.00 e. The quantitative estimate of drug-likeness (QED) is 0.292. The molecule has 0 unspecified atom stereocenters. The fourth-order valence-corrected chi connectivity index (χ4v) is 3.71. The van der Waals surface area contributed by atoms with Crippen LogP contribution >= 0.6 is 0 Å². The molecule has 0 aliphatic rings. The zero-order valence-corrected chi connectivity index (χ0v) is 22.0. The number of rotatable bonds is 1. The van der Waals surface area contributed by atoms with E-state index in [1.807, 2.05) is 6.07 Å². The van der Waals surface area contributed by atoms with Crippen molar-refractivity contribution in [3.63, 3.8) is 0 Å². The zero-order chi connectivity index (χ0) is 20.6. The summed E-state index contributed by atoms with van der Waals surface area (Å²) in [5.74, 6) is 0. The maximum absolute atomic E-state index is 2.20. The number of halogens is 2. The molecule has 0 heterocycles. The number of fused-ring (bicyclic) bond motifs is 2. The van der Waals surface area contributed by atoms with Crippen LogP contribution in [-0.4, -0.2) is 3.21 Å². The van der Waals surface area contributed by atoms with Gasteiger partial charge in [0, 0.05) is 0 Å². The number of aryl methyl sites for hydroxylation is 2. The normalized spacial score (nSPS) is 9.45. The summed E-state index contributed by atoms with van der Waals surface area (Å²) in [5, 5.41) is 5.39. The van der Waals surface area contributed by atoms with Crippen molar-refractivity contribution >= 4 is 24.8 Å². The minimum Gasteiger partial charge on any atom is -1.00 e. The van der Waals surface area contributed by atoms with E-state index in [0.29, 0.717) is 0 Å². The van der Waals surface area contributed by atoms with Crippen LogP contribution in [0.1, 0.15) is 23.6 Å². The molecule has 0 saturated carbocycles. The van der Waals surface area contributed by atoms with Crippen molar-refractivity contribution in [3.8, 4) is 0 Å². The Bertz CT molecular complexity index is 1060. The SMILES string of the molecule is C[C](=[Zr+2])c1ccccc1.Cc1cc2ccccc2[cH-]1.Cc1cc2ccccc2[cH-]1.[Cl-].[Cl-]. The molecule has 0 bridgehead atoms. The number of benzene rings is 3. The van der Waals surface area contributed by atoms with Crippen LogP contribution in [0.2, 0.25) is 0 Å². The number of hydrogen-bond donors (Lipinski definition) is 0. The molecule has 0 N–H and O–H groups in total. The molecule has 0 aromatic heterocycles. The molecule has 0 radical (unpaired) electrons. The molecule has 0 spiro atoms. The summed E-state index contributed by atoms with van der Waals surface area (Å²) in [6.07, 6.45) is 0. The first kappa shape index (κ1) is 27.2. The number of hydrogen-bond acceptors (Lipinski definition) is 0. The van der Waals surface area contributed by atoms with E-state index in [1.54, 1.807) is 0 Å². The Balaban J connectivity index is 0.000000226. The van der Waals surface area contributed by atoms with Gasteiger partial charge in [-0.15, -0.1) is 81.2 Å². The molecule has 3 heteroatoms. The second kappa shape index (κ2) is 13.6. The molecule has 0 atom stereocenters. The van der Waals surface area contributed by atoms with Crippen molar-refractivity contribution in [1.29, 1.82) is 0 Å². The Hall–Kier alpha value is -1.79. The van der Waals surface area contributed by atoms with Gasteiger partial charge in [-0.1, -0.05) is 26.0 Å².